The fourth-order valence-corrected chi connectivity index (χ4v) is 2.33. The summed E-state index contributed by atoms with van der Waals surface area (Å²) in [6, 6.07) is 12.3. The summed E-state index contributed by atoms with van der Waals surface area (Å²) in [7, 11) is 3.59. The SMILES string of the molecule is CN(C)c1cccc([C@@H](c2ccc(Cl)cc2)C(F)(F)F)c1. The quantitative estimate of drug-likeness (QED) is 0.762. The van der Waals surface area contributed by atoms with Crippen LogP contribution in [0.2, 0.25) is 5.02 Å². The topological polar surface area (TPSA) is 3.24 Å². The van der Waals surface area contributed by atoms with E-state index in [1.165, 1.54) is 30.3 Å². The van der Waals surface area contributed by atoms with Gasteiger partial charge in [0, 0.05) is 24.8 Å². The molecule has 2 aromatic rings. The van der Waals surface area contributed by atoms with Crippen molar-refractivity contribution < 1.29 is 13.2 Å². The van der Waals surface area contributed by atoms with Gasteiger partial charge in [0.2, 0.25) is 0 Å². The molecule has 1 nitrogen and oxygen atoms in total. The van der Waals surface area contributed by atoms with Gasteiger partial charge in [-0.2, -0.15) is 13.2 Å². The Morgan fingerprint density at radius 2 is 1.57 bits per heavy atom. The molecule has 0 aliphatic carbocycles. The molecule has 0 bridgehead atoms. The maximum atomic E-state index is 13.5. The fourth-order valence-electron chi connectivity index (χ4n) is 2.21. The molecule has 0 fully saturated rings. The second kappa shape index (κ2) is 5.98. The van der Waals surface area contributed by atoms with Gasteiger partial charge in [0.15, 0.2) is 0 Å². The molecule has 0 unspecified atom stereocenters. The maximum absolute atomic E-state index is 13.5. The Hall–Kier alpha value is -1.68. The molecule has 0 aliphatic heterocycles. The van der Waals surface area contributed by atoms with Crippen LogP contribution >= 0.6 is 11.6 Å². The number of alkyl halides is 3. The number of rotatable bonds is 3. The molecule has 2 aromatic carbocycles. The molecule has 0 saturated carbocycles. The van der Waals surface area contributed by atoms with Crippen LogP contribution in [0.1, 0.15) is 17.0 Å². The maximum Gasteiger partial charge on any atom is 0.399 e. The van der Waals surface area contributed by atoms with E-state index in [0.29, 0.717) is 5.02 Å². The van der Waals surface area contributed by atoms with E-state index in [9.17, 15) is 13.2 Å². The molecule has 2 rings (SSSR count). The first-order valence-corrected chi connectivity index (χ1v) is 6.76. The van der Waals surface area contributed by atoms with E-state index in [1.54, 1.807) is 37.2 Å². The lowest BCUT2D eigenvalue weighted by molar-refractivity contribution is -0.141. The third kappa shape index (κ3) is 3.70. The zero-order chi connectivity index (χ0) is 15.6. The Morgan fingerprint density at radius 1 is 0.952 bits per heavy atom. The second-order valence-corrected chi connectivity index (χ2v) is 5.45. The number of halogens is 4. The Morgan fingerprint density at radius 3 is 2.10 bits per heavy atom. The minimum atomic E-state index is -4.36. The molecule has 0 spiro atoms. The molecule has 0 N–H and O–H groups in total. The van der Waals surface area contributed by atoms with Crippen molar-refractivity contribution in [3.05, 3.63) is 64.7 Å². The first-order valence-electron chi connectivity index (χ1n) is 6.38. The normalized spacial score (nSPS) is 13.0. The first kappa shape index (κ1) is 15.7. The Bertz CT molecular complexity index is 606. The van der Waals surface area contributed by atoms with Gasteiger partial charge in [-0.05, 0) is 35.4 Å². The summed E-state index contributed by atoms with van der Waals surface area (Å²) < 4.78 is 40.4. The van der Waals surface area contributed by atoms with E-state index in [4.69, 9.17) is 11.6 Å². The summed E-state index contributed by atoms with van der Waals surface area (Å²) in [5.41, 5.74) is 1.13. The van der Waals surface area contributed by atoms with Gasteiger partial charge in [-0.25, -0.2) is 0 Å². The Balaban J connectivity index is 2.51. The van der Waals surface area contributed by atoms with Crippen LogP contribution in [0.4, 0.5) is 18.9 Å². The summed E-state index contributed by atoms with van der Waals surface area (Å²) in [6.07, 6.45) is -4.36. The lowest BCUT2D eigenvalue weighted by Crippen LogP contribution is -2.22. The molecule has 0 aromatic heterocycles. The van der Waals surface area contributed by atoms with Gasteiger partial charge < -0.3 is 4.90 Å². The highest BCUT2D eigenvalue weighted by molar-refractivity contribution is 6.30. The van der Waals surface area contributed by atoms with Gasteiger partial charge in [-0.3, -0.25) is 0 Å². The largest absolute Gasteiger partial charge is 0.399 e. The minimum absolute atomic E-state index is 0.183. The standard InChI is InChI=1S/C16H15ClF3N/c1-21(2)14-5-3-4-12(10-14)15(16(18,19)20)11-6-8-13(17)9-7-11/h3-10,15H,1-2H3/t15-/m1/s1. The van der Waals surface area contributed by atoms with Gasteiger partial charge in [-0.15, -0.1) is 0 Å². The van der Waals surface area contributed by atoms with Crippen molar-refractivity contribution in [3.63, 3.8) is 0 Å². The van der Waals surface area contributed by atoms with Crippen LogP contribution in [0.15, 0.2) is 48.5 Å². The molecular formula is C16H15ClF3N. The summed E-state index contributed by atoms with van der Waals surface area (Å²) >= 11 is 5.76. The average Bonchev–Trinajstić information content (AvgIpc) is 2.40. The molecule has 1 atom stereocenters. The smallest absolute Gasteiger partial charge is 0.378 e. The highest BCUT2D eigenvalue weighted by Gasteiger charge is 2.41. The van der Waals surface area contributed by atoms with E-state index in [-0.39, 0.29) is 11.1 Å². The molecule has 0 heterocycles. The molecule has 21 heavy (non-hydrogen) atoms. The third-order valence-corrected chi connectivity index (χ3v) is 3.50. The number of hydrogen-bond acceptors (Lipinski definition) is 1. The van der Waals surface area contributed by atoms with E-state index < -0.39 is 12.1 Å². The van der Waals surface area contributed by atoms with Crippen LogP contribution in [-0.2, 0) is 0 Å². The number of hydrogen-bond donors (Lipinski definition) is 0. The average molecular weight is 314 g/mol. The van der Waals surface area contributed by atoms with Crippen molar-refractivity contribution in [1.82, 2.24) is 0 Å². The summed E-state index contributed by atoms with van der Waals surface area (Å²) in [5, 5.41) is 0.418. The van der Waals surface area contributed by atoms with Crippen molar-refractivity contribution in [1.29, 1.82) is 0 Å². The monoisotopic (exact) mass is 313 g/mol. The molecular weight excluding hydrogens is 299 g/mol. The highest BCUT2D eigenvalue weighted by atomic mass is 35.5. The van der Waals surface area contributed by atoms with Crippen molar-refractivity contribution in [3.8, 4) is 0 Å². The van der Waals surface area contributed by atoms with Crippen LogP contribution < -0.4 is 4.90 Å². The van der Waals surface area contributed by atoms with Crippen molar-refractivity contribution >= 4 is 17.3 Å². The first-order chi connectivity index (χ1) is 9.79. The van der Waals surface area contributed by atoms with Crippen LogP contribution in [0, 0.1) is 0 Å². The van der Waals surface area contributed by atoms with Crippen molar-refractivity contribution in [2.24, 2.45) is 0 Å². The van der Waals surface area contributed by atoms with E-state index in [0.717, 1.165) is 5.69 Å². The molecule has 5 heteroatoms. The zero-order valence-electron chi connectivity index (χ0n) is 11.7. The summed E-state index contributed by atoms with van der Waals surface area (Å²) in [4.78, 5) is 1.78. The molecule has 0 radical (unpaired) electrons. The Labute approximate surface area is 127 Å². The summed E-state index contributed by atoms with van der Waals surface area (Å²) in [5.74, 6) is -1.66. The van der Waals surface area contributed by atoms with Gasteiger partial charge in [0.25, 0.3) is 0 Å². The van der Waals surface area contributed by atoms with Crippen LogP contribution in [0.3, 0.4) is 0 Å². The second-order valence-electron chi connectivity index (χ2n) is 5.02. The van der Waals surface area contributed by atoms with E-state index in [1.807, 2.05) is 0 Å². The predicted molar refractivity (Wildman–Crippen MR) is 80.1 cm³/mol. The van der Waals surface area contributed by atoms with Gasteiger partial charge in [0.1, 0.15) is 5.92 Å². The van der Waals surface area contributed by atoms with Crippen molar-refractivity contribution in [2.45, 2.75) is 12.1 Å². The molecule has 0 amide bonds. The lowest BCUT2D eigenvalue weighted by atomic mass is 9.90. The van der Waals surface area contributed by atoms with Crippen LogP contribution in [-0.4, -0.2) is 20.3 Å². The predicted octanol–water partition coefficient (Wildman–Crippen LogP) is 5.10. The molecule has 112 valence electrons. The molecule has 0 saturated heterocycles. The van der Waals surface area contributed by atoms with Gasteiger partial charge in [-0.1, -0.05) is 35.9 Å². The number of nitrogens with zero attached hydrogens (tertiary/aromatic N) is 1. The van der Waals surface area contributed by atoms with Crippen molar-refractivity contribution in [2.75, 3.05) is 19.0 Å². The number of benzene rings is 2. The lowest BCUT2D eigenvalue weighted by Gasteiger charge is -2.23. The van der Waals surface area contributed by atoms with E-state index >= 15 is 0 Å². The third-order valence-electron chi connectivity index (χ3n) is 3.25. The molecule has 0 aliphatic rings. The highest BCUT2D eigenvalue weighted by Crippen LogP contribution is 2.41. The van der Waals surface area contributed by atoms with Gasteiger partial charge in [0.05, 0.1) is 0 Å². The van der Waals surface area contributed by atoms with E-state index in [2.05, 4.69) is 0 Å². The zero-order valence-corrected chi connectivity index (χ0v) is 12.4. The Kier molecular flexibility index (Phi) is 4.47. The van der Waals surface area contributed by atoms with Crippen LogP contribution in [0.5, 0.6) is 0 Å². The minimum Gasteiger partial charge on any atom is -0.378 e. The number of anilines is 1. The fraction of sp³-hybridized carbons (Fsp3) is 0.250. The van der Waals surface area contributed by atoms with Gasteiger partial charge >= 0.3 is 6.18 Å². The van der Waals surface area contributed by atoms with Crippen LogP contribution in [0.25, 0.3) is 0 Å². The summed E-state index contributed by atoms with van der Waals surface area (Å²) in [6.45, 7) is 0.